The van der Waals surface area contributed by atoms with Crippen LogP contribution < -0.4 is 15.5 Å². The van der Waals surface area contributed by atoms with Gasteiger partial charge in [-0.2, -0.15) is 0 Å². The molecular formula is C21H36N6. The number of guanidine groups is 1. The van der Waals surface area contributed by atoms with Gasteiger partial charge in [0.05, 0.1) is 0 Å². The van der Waals surface area contributed by atoms with Crippen LogP contribution in [0, 0.1) is 6.92 Å². The number of aromatic nitrogens is 1. The Bertz CT molecular complexity index is 591. The molecule has 150 valence electrons. The number of likely N-dealkylation sites (tertiary alicyclic amines) is 1. The second-order valence-electron chi connectivity index (χ2n) is 7.83. The minimum Gasteiger partial charge on any atom is -0.356 e. The maximum absolute atomic E-state index is 4.57. The van der Waals surface area contributed by atoms with E-state index in [0.717, 1.165) is 50.8 Å². The summed E-state index contributed by atoms with van der Waals surface area (Å²) in [5.41, 5.74) is 1.21. The molecular weight excluding hydrogens is 336 g/mol. The Labute approximate surface area is 164 Å². The van der Waals surface area contributed by atoms with Crippen LogP contribution in [0.15, 0.2) is 23.3 Å². The highest BCUT2D eigenvalue weighted by atomic mass is 15.2. The number of aliphatic imine (C=N–C) groups is 1. The van der Waals surface area contributed by atoms with Crippen LogP contribution in [0.25, 0.3) is 0 Å². The average molecular weight is 373 g/mol. The van der Waals surface area contributed by atoms with Crippen LogP contribution >= 0.6 is 0 Å². The summed E-state index contributed by atoms with van der Waals surface area (Å²) in [4.78, 5) is 14.0. The number of piperidine rings is 2. The number of anilines is 1. The van der Waals surface area contributed by atoms with Crippen molar-refractivity contribution in [3.05, 3.63) is 23.9 Å². The van der Waals surface area contributed by atoms with Crippen LogP contribution in [0.2, 0.25) is 0 Å². The van der Waals surface area contributed by atoms with E-state index in [1.165, 1.54) is 31.4 Å². The SMILES string of the molecule is CCN1CCCCC1CNC(=NC)NC1CCN(c2ccc(C)cn2)CC1. The maximum Gasteiger partial charge on any atom is 0.191 e. The molecule has 2 aliphatic rings. The minimum absolute atomic E-state index is 0.478. The Kier molecular flexibility index (Phi) is 7.33. The lowest BCUT2D eigenvalue weighted by atomic mass is 10.0. The van der Waals surface area contributed by atoms with Gasteiger partial charge in [0, 0.05) is 45.0 Å². The van der Waals surface area contributed by atoms with Crippen molar-refractivity contribution in [1.29, 1.82) is 0 Å². The molecule has 0 radical (unpaired) electrons. The molecule has 2 saturated heterocycles. The Balaban J connectivity index is 1.43. The summed E-state index contributed by atoms with van der Waals surface area (Å²) in [6.07, 6.45) is 8.16. The first kappa shape index (κ1) is 19.9. The molecule has 2 fully saturated rings. The van der Waals surface area contributed by atoms with Crippen molar-refractivity contribution in [3.8, 4) is 0 Å². The van der Waals surface area contributed by atoms with Crippen LogP contribution in [-0.4, -0.2) is 67.7 Å². The van der Waals surface area contributed by atoms with E-state index >= 15 is 0 Å². The van der Waals surface area contributed by atoms with Gasteiger partial charge in [-0.05, 0) is 57.3 Å². The van der Waals surface area contributed by atoms with Gasteiger partial charge in [-0.1, -0.05) is 19.4 Å². The predicted octanol–water partition coefficient (Wildman–Crippen LogP) is 2.40. The van der Waals surface area contributed by atoms with Gasteiger partial charge in [0.25, 0.3) is 0 Å². The highest BCUT2D eigenvalue weighted by Crippen LogP contribution is 2.18. The molecule has 2 N–H and O–H groups in total. The van der Waals surface area contributed by atoms with Crippen molar-refractivity contribution in [3.63, 3.8) is 0 Å². The molecule has 27 heavy (non-hydrogen) atoms. The molecule has 1 unspecified atom stereocenters. The number of pyridine rings is 1. The molecule has 6 nitrogen and oxygen atoms in total. The fraction of sp³-hybridized carbons (Fsp3) is 0.714. The molecule has 0 bridgehead atoms. The van der Waals surface area contributed by atoms with Crippen molar-refractivity contribution in [2.45, 2.75) is 58.0 Å². The predicted molar refractivity (Wildman–Crippen MR) is 114 cm³/mol. The lowest BCUT2D eigenvalue weighted by Gasteiger charge is -2.36. The van der Waals surface area contributed by atoms with Crippen molar-refractivity contribution >= 4 is 11.8 Å². The number of nitrogens with zero attached hydrogens (tertiary/aromatic N) is 4. The van der Waals surface area contributed by atoms with Crippen molar-refractivity contribution < 1.29 is 0 Å². The van der Waals surface area contributed by atoms with Gasteiger partial charge in [0.15, 0.2) is 5.96 Å². The van der Waals surface area contributed by atoms with E-state index < -0.39 is 0 Å². The summed E-state index contributed by atoms with van der Waals surface area (Å²) in [7, 11) is 1.87. The molecule has 6 heteroatoms. The van der Waals surface area contributed by atoms with Gasteiger partial charge in [0.2, 0.25) is 0 Å². The van der Waals surface area contributed by atoms with Crippen molar-refractivity contribution in [2.75, 3.05) is 44.7 Å². The summed E-state index contributed by atoms with van der Waals surface area (Å²) < 4.78 is 0. The average Bonchev–Trinajstić information content (AvgIpc) is 2.72. The van der Waals surface area contributed by atoms with E-state index in [9.17, 15) is 0 Å². The first-order chi connectivity index (χ1) is 13.2. The van der Waals surface area contributed by atoms with Crippen LogP contribution in [-0.2, 0) is 0 Å². The van der Waals surface area contributed by atoms with Gasteiger partial charge >= 0.3 is 0 Å². The molecule has 3 heterocycles. The van der Waals surface area contributed by atoms with E-state index in [1.54, 1.807) is 0 Å². The largest absolute Gasteiger partial charge is 0.356 e. The van der Waals surface area contributed by atoms with Crippen LogP contribution in [0.1, 0.15) is 44.6 Å². The summed E-state index contributed by atoms with van der Waals surface area (Å²) >= 11 is 0. The molecule has 0 spiro atoms. The molecule has 1 atom stereocenters. The standard InChI is InChI=1S/C21H36N6/c1-4-26-12-6-5-7-19(26)16-24-21(22-3)25-18-10-13-27(14-11-18)20-9-8-17(2)15-23-20/h8-9,15,18-19H,4-7,10-14,16H2,1-3H3,(H2,22,24,25). The van der Waals surface area contributed by atoms with E-state index in [0.29, 0.717) is 12.1 Å². The third-order valence-corrected chi connectivity index (χ3v) is 5.94. The summed E-state index contributed by atoms with van der Waals surface area (Å²) in [5.74, 6) is 2.04. The van der Waals surface area contributed by atoms with E-state index in [2.05, 4.69) is 56.4 Å². The van der Waals surface area contributed by atoms with E-state index in [4.69, 9.17) is 0 Å². The topological polar surface area (TPSA) is 55.8 Å². The second kappa shape index (κ2) is 9.93. The first-order valence-electron chi connectivity index (χ1n) is 10.6. The number of likely N-dealkylation sites (N-methyl/N-ethyl adjacent to an activating group) is 1. The zero-order valence-corrected chi connectivity index (χ0v) is 17.2. The van der Waals surface area contributed by atoms with Gasteiger partial charge < -0.3 is 15.5 Å². The Morgan fingerprint density at radius 3 is 2.67 bits per heavy atom. The number of rotatable bonds is 5. The van der Waals surface area contributed by atoms with Crippen molar-refractivity contribution in [1.82, 2.24) is 20.5 Å². The number of hydrogen-bond donors (Lipinski definition) is 2. The van der Waals surface area contributed by atoms with E-state index in [1.807, 2.05) is 13.2 Å². The first-order valence-corrected chi connectivity index (χ1v) is 10.6. The molecule has 3 rings (SSSR count). The highest BCUT2D eigenvalue weighted by molar-refractivity contribution is 5.80. The summed E-state index contributed by atoms with van der Waals surface area (Å²) in [6, 6.07) is 5.39. The smallest absolute Gasteiger partial charge is 0.191 e. The monoisotopic (exact) mass is 372 g/mol. The quantitative estimate of drug-likeness (QED) is 0.614. The lowest BCUT2D eigenvalue weighted by molar-refractivity contribution is 0.157. The van der Waals surface area contributed by atoms with Crippen LogP contribution in [0.4, 0.5) is 5.82 Å². The third kappa shape index (κ3) is 5.58. The molecule has 1 aromatic heterocycles. The molecule has 0 aromatic carbocycles. The van der Waals surface area contributed by atoms with Crippen molar-refractivity contribution in [2.24, 2.45) is 4.99 Å². The molecule has 1 aromatic rings. The second-order valence-corrected chi connectivity index (χ2v) is 7.83. The number of hydrogen-bond acceptors (Lipinski definition) is 4. The highest BCUT2D eigenvalue weighted by Gasteiger charge is 2.23. The molecule has 0 saturated carbocycles. The molecule has 2 aliphatic heterocycles. The van der Waals surface area contributed by atoms with Gasteiger partial charge in [0.1, 0.15) is 5.82 Å². The summed E-state index contributed by atoms with van der Waals surface area (Å²) in [6.45, 7) is 9.79. The van der Waals surface area contributed by atoms with Crippen LogP contribution in [0.5, 0.6) is 0 Å². The minimum atomic E-state index is 0.478. The Morgan fingerprint density at radius 2 is 2.00 bits per heavy atom. The lowest BCUT2D eigenvalue weighted by Crippen LogP contribution is -2.52. The third-order valence-electron chi connectivity index (χ3n) is 5.94. The summed E-state index contributed by atoms with van der Waals surface area (Å²) in [5, 5.41) is 7.20. The number of aryl methyl sites for hydroxylation is 1. The Morgan fingerprint density at radius 1 is 1.19 bits per heavy atom. The van der Waals surface area contributed by atoms with Gasteiger partial charge in [-0.3, -0.25) is 9.89 Å². The normalized spacial score (nSPS) is 22.7. The molecule has 0 aliphatic carbocycles. The fourth-order valence-corrected chi connectivity index (χ4v) is 4.21. The van der Waals surface area contributed by atoms with E-state index in [-0.39, 0.29) is 0 Å². The fourth-order valence-electron chi connectivity index (χ4n) is 4.21. The zero-order valence-electron chi connectivity index (χ0n) is 17.2. The zero-order chi connectivity index (χ0) is 19.1. The Hall–Kier alpha value is -1.82. The maximum atomic E-state index is 4.57. The van der Waals surface area contributed by atoms with Crippen LogP contribution in [0.3, 0.4) is 0 Å². The van der Waals surface area contributed by atoms with Gasteiger partial charge in [-0.15, -0.1) is 0 Å². The number of nitrogens with one attached hydrogen (secondary N) is 2. The molecule has 0 amide bonds. The van der Waals surface area contributed by atoms with Gasteiger partial charge in [-0.25, -0.2) is 4.98 Å².